The topological polar surface area (TPSA) is 70.7 Å². The van der Waals surface area contributed by atoms with Crippen LogP contribution >= 0.6 is 0 Å². The van der Waals surface area contributed by atoms with E-state index < -0.39 is 6.04 Å². The molecule has 0 radical (unpaired) electrons. The largest absolute Gasteiger partial charge is 0.376 e. The smallest absolute Gasteiger partial charge is 0.255 e. The number of hydrogen-bond acceptors (Lipinski definition) is 4. The summed E-state index contributed by atoms with van der Waals surface area (Å²) < 4.78 is 6.05. The molecule has 1 aromatic carbocycles. The van der Waals surface area contributed by atoms with E-state index in [4.69, 9.17) is 4.74 Å². The Labute approximate surface area is 216 Å². The van der Waals surface area contributed by atoms with Crippen molar-refractivity contribution < 1.29 is 14.3 Å². The normalized spacial score (nSPS) is 31.0. The maximum atomic E-state index is 13.1. The van der Waals surface area contributed by atoms with E-state index in [-0.39, 0.29) is 11.8 Å². The lowest BCUT2D eigenvalue weighted by Crippen LogP contribution is -2.49. The highest BCUT2D eigenvalue weighted by Gasteiger charge is 2.38. The third-order valence-corrected chi connectivity index (χ3v) is 8.70. The first-order chi connectivity index (χ1) is 17.4. The molecule has 1 aromatic rings. The highest BCUT2D eigenvalue weighted by molar-refractivity contribution is 6.01. The molecule has 0 aromatic heterocycles. The zero-order valence-corrected chi connectivity index (χ0v) is 22.1. The van der Waals surface area contributed by atoms with Gasteiger partial charge in [-0.15, -0.1) is 0 Å². The Morgan fingerprint density at radius 2 is 1.86 bits per heavy atom. The lowest BCUT2D eigenvalue weighted by molar-refractivity contribution is -0.126. The third kappa shape index (κ3) is 5.70. The van der Waals surface area contributed by atoms with Gasteiger partial charge in [0.15, 0.2) is 0 Å². The predicted molar refractivity (Wildman–Crippen MR) is 141 cm³/mol. The van der Waals surface area contributed by atoms with Gasteiger partial charge in [-0.3, -0.25) is 9.59 Å². The van der Waals surface area contributed by atoms with Crippen LogP contribution in [0.25, 0.3) is 0 Å². The van der Waals surface area contributed by atoms with Gasteiger partial charge in [0.1, 0.15) is 6.04 Å². The molecule has 2 aliphatic heterocycles. The van der Waals surface area contributed by atoms with E-state index in [0.29, 0.717) is 43.2 Å². The average Bonchev–Trinajstić information content (AvgIpc) is 3.16. The van der Waals surface area contributed by atoms with Crippen molar-refractivity contribution in [1.82, 2.24) is 15.5 Å². The van der Waals surface area contributed by atoms with Crippen molar-refractivity contribution in [3.63, 3.8) is 0 Å². The minimum Gasteiger partial charge on any atom is -0.376 e. The molecule has 0 bridgehead atoms. The minimum atomic E-state index is -0.396. The Morgan fingerprint density at radius 3 is 2.61 bits per heavy atom. The molecule has 1 unspecified atom stereocenters. The number of rotatable bonds is 7. The van der Waals surface area contributed by atoms with Gasteiger partial charge in [-0.2, -0.15) is 0 Å². The maximum absolute atomic E-state index is 13.1. The number of piperidine rings is 1. The van der Waals surface area contributed by atoms with Crippen molar-refractivity contribution in [2.45, 2.75) is 121 Å². The fourth-order valence-corrected chi connectivity index (χ4v) is 6.86. The van der Waals surface area contributed by atoms with Gasteiger partial charge in [-0.05, 0) is 94.7 Å². The average molecular weight is 494 g/mol. The number of benzene rings is 1. The third-order valence-electron chi connectivity index (χ3n) is 8.70. The molecule has 4 aliphatic rings. The molecule has 3 atom stereocenters. The zero-order chi connectivity index (χ0) is 25.2. The lowest BCUT2D eigenvalue weighted by atomic mass is 9.79. The molecule has 2 N–H and O–H groups in total. The minimum absolute atomic E-state index is 0.0153. The van der Waals surface area contributed by atoms with Crippen LogP contribution in [0.5, 0.6) is 0 Å². The molecule has 1 saturated heterocycles. The monoisotopic (exact) mass is 493 g/mol. The second-order valence-corrected chi connectivity index (χ2v) is 11.8. The number of hydrogen-bond donors (Lipinski definition) is 2. The van der Waals surface area contributed by atoms with E-state index in [9.17, 15) is 9.59 Å². The Morgan fingerprint density at radius 1 is 1.08 bits per heavy atom. The first-order valence-corrected chi connectivity index (χ1v) is 14.2. The number of nitrogens with one attached hydrogen (secondary N) is 2. The summed E-state index contributed by atoms with van der Waals surface area (Å²) in [7, 11) is 0. The number of nitrogens with zero attached hydrogens (tertiary/aromatic N) is 1. The quantitative estimate of drug-likeness (QED) is 0.569. The predicted octanol–water partition coefficient (Wildman–Crippen LogP) is 4.86. The summed E-state index contributed by atoms with van der Waals surface area (Å²) in [6.45, 7) is 8.65. The molecular weight excluding hydrogens is 450 g/mol. The molecule has 2 aliphatic carbocycles. The summed E-state index contributed by atoms with van der Waals surface area (Å²) in [6, 6.07) is 7.14. The van der Waals surface area contributed by atoms with E-state index in [2.05, 4.69) is 43.2 Å². The van der Waals surface area contributed by atoms with Gasteiger partial charge in [0.05, 0.1) is 12.2 Å². The molecule has 3 fully saturated rings. The van der Waals surface area contributed by atoms with Crippen LogP contribution in [-0.2, 0) is 22.5 Å². The van der Waals surface area contributed by atoms with Gasteiger partial charge in [0.2, 0.25) is 5.91 Å². The maximum Gasteiger partial charge on any atom is 0.255 e. The first kappa shape index (κ1) is 25.5. The zero-order valence-electron chi connectivity index (χ0n) is 22.1. The molecule has 5 rings (SSSR count). The fraction of sp³-hybridized carbons (Fsp3) is 0.667. The Balaban J connectivity index is 1.20. The van der Waals surface area contributed by atoms with E-state index in [1.807, 2.05) is 6.07 Å². The Bertz CT molecular complexity index is 982. The number of carbonyl (C=O) groups excluding carboxylic acids is 2. The van der Waals surface area contributed by atoms with Crippen LogP contribution in [0, 0.1) is 5.92 Å². The van der Waals surface area contributed by atoms with Gasteiger partial charge in [-0.1, -0.05) is 31.6 Å². The van der Waals surface area contributed by atoms with Crippen molar-refractivity contribution in [3.05, 3.63) is 47.2 Å². The highest BCUT2D eigenvalue weighted by Crippen LogP contribution is 2.33. The van der Waals surface area contributed by atoms with Crippen molar-refractivity contribution in [3.8, 4) is 0 Å². The molecule has 0 spiro atoms. The summed E-state index contributed by atoms with van der Waals surface area (Å²) in [5.74, 6) is 0.511. The van der Waals surface area contributed by atoms with E-state index in [0.717, 1.165) is 42.5 Å². The van der Waals surface area contributed by atoms with Gasteiger partial charge in [-0.25, -0.2) is 0 Å². The van der Waals surface area contributed by atoms with Crippen molar-refractivity contribution >= 4 is 11.8 Å². The molecule has 2 saturated carbocycles. The number of carbonyl (C=O) groups is 2. The first-order valence-electron chi connectivity index (χ1n) is 14.2. The second-order valence-electron chi connectivity index (χ2n) is 11.8. The molecule has 36 heavy (non-hydrogen) atoms. The second kappa shape index (κ2) is 11.1. The Hall–Kier alpha value is -2.18. The summed E-state index contributed by atoms with van der Waals surface area (Å²) in [4.78, 5) is 27.3. The SMILES string of the molecule is C=C1CCC(N2Cc3cc(C[C@H]4CCCC[C@@H]4N[C@H]4CC[C@H](OC(C)C)CC4)ccc3C2=O)C(=O)N1. The lowest BCUT2D eigenvalue weighted by Gasteiger charge is -2.38. The van der Waals surface area contributed by atoms with E-state index in [1.54, 1.807) is 4.90 Å². The summed E-state index contributed by atoms with van der Waals surface area (Å²) >= 11 is 0. The summed E-state index contributed by atoms with van der Waals surface area (Å²) in [5.41, 5.74) is 3.89. The standard InChI is InChI=1S/C30H43N3O3/c1-19(2)36-25-12-10-24(11-13-25)32-27-7-5-4-6-22(27)16-21-9-14-26-23(17-21)18-33(30(26)35)28-15-8-20(3)31-29(28)34/h9,14,17,19,22,24-25,27-28,32H,3-8,10-13,15-16,18H2,1-2H3,(H,31,34)/t22-,24-,25-,27+,28?/m1/s1. The van der Waals surface area contributed by atoms with Gasteiger partial charge >= 0.3 is 0 Å². The van der Waals surface area contributed by atoms with Crippen LogP contribution in [0.3, 0.4) is 0 Å². The number of fused-ring (bicyclic) bond motifs is 1. The summed E-state index contributed by atoms with van der Waals surface area (Å²) in [5, 5.41) is 6.88. The van der Waals surface area contributed by atoms with Crippen LogP contribution in [0.2, 0.25) is 0 Å². The van der Waals surface area contributed by atoms with Crippen molar-refractivity contribution in [2.75, 3.05) is 0 Å². The number of amides is 2. The van der Waals surface area contributed by atoms with Crippen LogP contribution in [-0.4, -0.2) is 47.0 Å². The molecule has 2 heterocycles. The van der Waals surface area contributed by atoms with Gasteiger partial charge in [0.25, 0.3) is 5.91 Å². The number of allylic oxidation sites excluding steroid dienone is 1. The fourth-order valence-electron chi connectivity index (χ4n) is 6.86. The van der Waals surface area contributed by atoms with Crippen LogP contribution in [0.4, 0.5) is 0 Å². The summed E-state index contributed by atoms with van der Waals surface area (Å²) in [6.07, 6.45) is 13.0. The molecule has 196 valence electrons. The molecule has 2 amide bonds. The van der Waals surface area contributed by atoms with Crippen LogP contribution in [0.1, 0.15) is 99.5 Å². The number of ether oxygens (including phenoxy) is 1. The van der Waals surface area contributed by atoms with Gasteiger partial charge in [0, 0.05) is 29.9 Å². The molecular formula is C30H43N3O3. The van der Waals surface area contributed by atoms with Crippen molar-refractivity contribution in [2.24, 2.45) is 5.92 Å². The van der Waals surface area contributed by atoms with E-state index in [1.165, 1.54) is 44.1 Å². The Kier molecular flexibility index (Phi) is 7.82. The molecule has 6 nitrogen and oxygen atoms in total. The molecule has 6 heteroatoms. The van der Waals surface area contributed by atoms with E-state index >= 15 is 0 Å². The van der Waals surface area contributed by atoms with Crippen LogP contribution < -0.4 is 10.6 Å². The highest BCUT2D eigenvalue weighted by atomic mass is 16.5. The van der Waals surface area contributed by atoms with Crippen molar-refractivity contribution in [1.29, 1.82) is 0 Å². The van der Waals surface area contributed by atoms with Crippen LogP contribution in [0.15, 0.2) is 30.5 Å². The van der Waals surface area contributed by atoms with Gasteiger partial charge < -0.3 is 20.3 Å².